The molecule has 0 aliphatic carbocycles. The summed E-state index contributed by atoms with van der Waals surface area (Å²) in [5.74, 6) is 1.77. The van der Waals surface area contributed by atoms with Gasteiger partial charge in [-0.25, -0.2) is 0 Å². The van der Waals surface area contributed by atoms with Crippen LogP contribution in [0, 0.1) is 0 Å². The first-order chi connectivity index (χ1) is 11.2. The Morgan fingerprint density at radius 2 is 0.875 bits per heavy atom. The van der Waals surface area contributed by atoms with Gasteiger partial charge in [0.05, 0.1) is 13.2 Å². The van der Waals surface area contributed by atoms with Crippen molar-refractivity contribution in [1.82, 2.24) is 0 Å². The number of anilines is 2. The number of nitrogen functional groups attached to an aromatic ring is 2. The Hall–Kier alpha value is -2.07. The molecule has 0 aromatic heterocycles. The van der Waals surface area contributed by atoms with E-state index in [9.17, 15) is 0 Å². The Morgan fingerprint density at radius 1 is 0.542 bits per heavy atom. The number of halogens is 1. The highest BCUT2D eigenvalue weighted by atomic mass is 35.5. The van der Waals surface area contributed by atoms with E-state index < -0.39 is 0 Å². The number of ether oxygens (including phenoxy) is 2. The molecule has 0 amide bonds. The molecule has 4 N–H and O–H groups in total. The highest BCUT2D eigenvalue weighted by molar-refractivity contribution is 5.85. The summed E-state index contributed by atoms with van der Waals surface area (Å²) >= 11 is 0. The molecule has 0 aliphatic heterocycles. The summed E-state index contributed by atoms with van der Waals surface area (Å²) in [5, 5.41) is 0. The van der Waals surface area contributed by atoms with Crippen LogP contribution in [0.3, 0.4) is 0 Å². The van der Waals surface area contributed by atoms with E-state index >= 15 is 0 Å². The zero-order valence-electron chi connectivity index (χ0n) is 13.9. The first-order valence-corrected chi connectivity index (χ1v) is 8.21. The van der Waals surface area contributed by atoms with E-state index in [2.05, 4.69) is 0 Å². The van der Waals surface area contributed by atoms with E-state index in [1.165, 1.54) is 19.3 Å². The van der Waals surface area contributed by atoms with Crippen molar-refractivity contribution >= 4 is 23.8 Å². The van der Waals surface area contributed by atoms with Gasteiger partial charge < -0.3 is 20.9 Å². The molecule has 0 saturated carbocycles. The van der Waals surface area contributed by atoms with Gasteiger partial charge in [-0.3, -0.25) is 0 Å². The Labute approximate surface area is 150 Å². The average Bonchev–Trinajstić information content (AvgIpc) is 2.56. The van der Waals surface area contributed by atoms with Crippen LogP contribution in [0.1, 0.15) is 32.1 Å². The number of hydrogen-bond donors (Lipinski definition) is 2. The van der Waals surface area contributed by atoms with Crippen LogP contribution in [0.15, 0.2) is 48.5 Å². The normalized spacial score (nSPS) is 10.0. The fourth-order valence-corrected chi connectivity index (χ4v) is 2.24. The highest BCUT2D eigenvalue weighted by Gasteiger charge is 1.96. The minimum Gasteiger partial charge on any atom is -0.494 e. The van der Waals surface area contributed by atoms with Gasteiger partial charge >= 0.3 is 0 Å². The monoisotopic (exact) mass is 350 g/mol. The molecule has 0 heterocycles. The van der Waals surface area contributed by atoms with Crippen molar-refractivity contribution in [2.24, 2.45) is 0 Å². The molecule has 0 bridgehead atoms. The maximum atomic E-state index is 5.67. The van der Waals surface area contributed by atoms with Crippen LogP contribution >= 0.6 is 12.4 Å². The van der Waals surface area contributed by atoms with Crippen LogP contribution in [-0.2, 0) is 0 Å². The minimum absolute atomic E-state index is 0. The molecule has 132 valence electrons. The maximum absolute atomic E-state index is 5.67. The molecule has 0 unspecified atom stereocenters. The van der Waals surface area contributed by atoms with Crippen molar-refractivity contribution in [2.45, 2.75) is 32.1 Å². The third-order valence-electron chi connectivity index (χ3n) is 3.59. The van der Waals surface area contributed by atoms with Crippen LogP contribution in [0.2, 0.25) is 0 Å². The molecule has 0 atom stereocenters. The topological polar surface area (TPSA) is 70.5 Å². The van der Waals surface area contributed by atoms with Crippen molar-refractivity contribution in [1.29, 1.82) is 0 Å². The first-order valence-electron chi connectivity index (χ1n) is 8.21. The molecule has 0 radical (unpaired) electrons. The molecule has 2 aromatic rings. The predicted octanol–water partition coefficient (Wildman–Crippen LogP) is 4.68. The third kappa shape index (κ3) is 7.97. The lowest BCUT2D eigenvalue weighted by molar-refractivity contribution is 0.293. The van der Waals surface area contributed by atoms with Gasteiger partial charge in [0.1, 0.15) is 11.5 Å². The molecule has 0 fully saturated rings. The molecular formula is C19H27ClN2O2. The van der Waals surface area contributed by atoms with E-state index in [4.69, 9.17) is 20.9 Å². The van der Waals surface area contributed by atoms with E-state index in [1.807, 2.05) is 48.5 Å². The Kier molecular flexibility index (Phi) is 9.54. The Bertz CT molecular complexity index is 507. The molecule has 0 spiro atoms. The molecule has 0 saturated heterocycles. The van der Waals surface area contributed by atoms with Crippen molar-refractivity contribution in [3.63, 3.8) is 0 Å². The summed E-state index contributed by atoms with van der Waals surface area (Å²) in [6, 6.07) is 15.1. The van der Waals surface area contributed by atoms with Gasteiger partial charge in [0.15, 0.2) is 0 Å². The maximum Gasteiger partial charge on any atom is 0.119 e. The quantitative estimate of drug-likeness (QED) is 0.482. The third-order valence-corrected chi connectivity index (χ3v) is 3.59. The summed E-state index contributed by atoms with van der Waals surface area (Å²) in [5.41, 5.74) is 12.8. The van der Waals surface area contributed by atoms with E-state index in [0.717, 1.165) is 48.9 Å². The van der Waals surface area contributed by atoms with Crippen LogP contribution in [0.5, 0.6) is 11.5 Å². The standard InChI is InChI=1S/C19H26N2O2.ClH/c20-16-6-10-18(11-7-16)22-14-4-2-1-3-5-15-23-19-12-8-17(21)9-13-19;/h6-13H,1-5,14-15,20-21H2;1H. The largest absolute Gasteiger partial charge is 0.494 e. The highest BCUT2D eigenvalue weighted by Crippen LogP contribution is 2.15. The van der Waals surface area contributed by atoms with Crippen molar-refractivity contribution < 1.29 is 9.47 Å². The second-order valence-electron chi connectivity index (χ2n) is 5.60. The van der Waals surface area contributed by atoms with Crippen LogP contribution in [0.25, 0.3) is 0 Å². The van der Waals surface area contributed by atoms with E-state index in [1.54, 1.807) is 0 Å². The lowest BCUT2D eigenvalue weighted by Gasteiger charge is -2.07. The number of benzene rings is 2. The van der Waals surface area contributed by atoms with E-state index in [0.29, 0.717) is 0 Å². The second kappa shape index (κ2) is 11.5. The lowest BCUT2D eigenvalue weighted by atomic mass is 10.1. The smallest absolute Gasteiger partial charge is 0.119 e. The molecule has 24 heavy (non-hydrogen) atoms. The number of hydrogen-bond acceptors (Lipinski definition) is 4. The molecule has 2 rings (SSSR count). The van der Waals surface area contributed by atoms with Gasteiger partial charge in [-0.2, -0.15) is 0 Å². The fraction of sp³-hybridized carbons (Fsp3) is 0.368. The molecule has 2 aromatic carbocycles. The van der Waals surface area contributed by atoms with Crippen LogP contribution in [0.4, 0.5) is 11.4 Å². The van der Waals surface area contributed by atoms with Crippen LogP contribution < -0.4 is 20.9 Å². The molecular weight excluding hydrogens is 324 g/mol. The predicted molar refractivity (Wildman–Crippen MR) is 103 cm³/mol. The second-order valence-corrected chi connectivity index (χ2v) is 5.60. The first kappa shape index (κ1) is 20.0. The molecule has 4 nitrogen and oxygen atoms in total. The minimum atomic E-state index is 0. The Morgan fingerprint density at radius 3 is 1.25 bits per heavy atom. The van der Waals surface area contributed by atoms with Crippen molar-refractivity contribution in [3.8, 4) is 11.5 Å². The summed E-state index contributed by atoms with van der Waals surface area (Å²) in [6.45, 7) is 1.51. The van der Waals surface area contributed by atoms with Gasteiger partial charge in [-0.1, -0.05) is 19.3 Å². The zero-order valence-corrected chi connectivity index (χ0v) is 14.8. The van der Waals surface area contributed by atoms with Crippen molar-refractivity contribution in [3.05, 3.63) is 48.5 Å². The SMILES string of the molecule is Cl.Nc1ccc(OCCCCCCCOc2ccc(N)cc2)cc1. The van der Waals surface area contributed by atoms with Gasteiger partial charge in [0.2, 0.25) is 0 Å². The lowest BCUT2D eigenvalue weighted by Crippen LogP contribution is -1.99. The van der Waals surface area contributed by atoms with Gasteiger partial charge in [0, 0.05) is 11.4 Å². The van der Waals surface area contributed by atoms with Crippen LogP contribution in [-0.4, -0.2) is 13.2 Å². The summed E-state index contributed by atoms with van der Waals surface area (Å²) in [7, 11) is 0. The Balaban J connectivity index is 0.00000288. The van der Waals surface area contributed by atoms with E-state index in [-0.39, 0.29) is 12.4 Å². The van der Waals surface area contributed by atoms with Crippen molar-refractivity contribution in [2.75, 3.05) is 24.7 Å². The van der Waals surface area contributed by atoms with Gasteiger partial charge in [0.25, 0.3) is 0 Å². The van der Waals surface area contributed by atoms with Gasteiger partial charge in [-0.05, 0) is 61.4 Å². The zero-order chi connectivity index (χ0) is 16.3. The summed E-state index contributed by atoms with van der Waals surface area (Å²) < 4.78 is 11.3. The number of rotatable bonds is 10. The average molecular weight is 351 g/mol. The molecule has 5 heteroatoms. The number of unbranched alkanes of at least 4 members (excludes halogenated alkanes) is 4. The summed E-state index contributed by atoms with van der Waals surface area (Å²) in [6.07, 6.45) is 5.70. The number of nitrogens with two attached hydrogens (primary N) is 2. The summed E-state index contributed by atoms with van der Waals surface area (Å²) in [4.78, 5) is 0. The van der Waals surface area contributed by atoms with Gasteiger partial charge in [-0.15, -0.1) is 12.4 Å². The molecule has 0 aliphatic rings. The fourth-order valence-electron chi connectivity index (χ4n) is 2.24.